The third-order valence-corrected chi connectivity index (χ3v) is 3.43. The van der Waals surface area contributed by atoms with Crippen LogP contribution in [0.2, 0.25) is 0 Å². The number of aromatic amines is 1. The number of nitrogens with one attached hydrogen (secondary N) is 2. The van der Waals surface area contributed by atoms with E-state index in [-0.39, 0.29) is 11.8 Å². The van der Waals surface area contributed by atoms with Crippen LogP contribution in [0.4, 0.5) is 0 Å². The molecule has 1 fully saturated rings. The summed E-state index contributed by atoms with van der Waals surface area (Å²) in [7, 11) is 0. The Labute approximate surface area is 103 Å². The Bertz CT molecular complexity index is 637. The van der Waals surface area contributed by atoms with E-state index in [0.717, 1.165) is 24.8 Å². The molecular formula is C13H14N2O3. The van der Waals surface area contributed by atoms with E-state index in [1.54, 1.807) is 6.07 Å². The lowest BCUT2D eigenvalue weighted by Gasteiger charge is -2.24. The zero-order valence-corrected chi connectivity index (χ0v) is 9.86. The fraction of sp³-hybridized carbons (Fsp3) is 0.385. The van der Waals surface area contributed by atoms with Gasteiger partial charge in [0.25, 0.3) is 0 Å². The fourth-order valence-corrected chi connectivity index (χ4v) is 2.11. The van der Waals surface area contributed by atoms with Gasteiger partial charge in [-0.15, -0.1) is 0 Å². The number of rotatable bonds is 3. The molecule has 5 nitrogen and oxygen atoms in total. The lowest BCUT2D eigenvalue weighted by atomic mass is 9.85. The van der Waals surface area contributed by atoms with Crippen molar-refractivity contribution < 1.29 is 9.21 Å². The quantitative estimate of drug-likeness (QED) is 0.862. The van der Waals surface area contributed by atoms with E-state index >= 15 is 0 Å². The Kier molecular flexibility index (Phi) is 2.66. The van der Waals surface area contributed by atoms with Crippen molar-refractivity contribution in [3.8, 4) is 0 Å². The maximum atomic E-state index is 11.7. The van der Waals surface area contributed by atoms with Gasteiger partial charge in [0.1, 0.15) is 0 Å². The minimum atomic E-state index is -0.458. The first-order valence-corrected chi connectivity index (χ1v) is 6.12. The van der Waals surface area contributed by atoms with Crippen molar-refractivity contribution in [2.24, 2.45) is 5.92 Å². The number of hydrogen-bond donors (Lipinski definition) is 2. The predicted molar refractivity (Wildman–Crippen MR) is 66.0 cm³/mol. The van der Waals surface area contributed by atoms with Crippen LogP contribution < -0.4 is 11.1 Å². The number of aromatic nitrogens is 1. The Hall–Kier alpha value is -2.04. The smallest absolute Gasteiger partial charge is 0.408 e. The second-order valence-corrected chi connectivity index (χ2v) is 4.69. The molecule has 1 aromatic heterocycles. The Morgan fingerprint density at radius 2 is 2.28 bits per heavy atom. The van der Waals surface area contributed by atoms with Crippen LogP contribution in [-0.4, -0.2) is 10.9 Å². The molecular weight excluding hydrogens is 232 g/mol. The van der Waals surface area contributed by atoms with Crippen LogP contribution in [0, 0.1) is 5.92 Å². The summed E-state index contributed by atoms with van der Waals surface area (Å²) >= 11 is 0. The molecule has 3 rings (SSSR count). The van der Waals surface area contributed by atoms with E-state index in [2.05, 4.69) is 10.3 Å². The van der Waals surface area contributed by atoms with E-state index in [9.17, 15) is 9.59 Å². The molecule has 0 spiro atoms. The lowest BCUT2D eigenvalue weighted by molar-refractivity contribution is -0.127. The molecule has 0 saturated heterocycles. The molecule has 2 N–H and O–H groups in total. The van der Waals surface area contributed by atoms with Crippen LogP contribution in [0.1, 0.15) is 24.8 Å². The first-order valence-electron chi connectivity index (χ1n) is 6.12. The van der Waals surface area contributed by atoms with Gasteiger partial charge in [0.15, 0.2) is 5.58 Å². The average Bonchev–Trinajstić information content (AvgIpc) is 2.63. The Morgan fingerprint density at radius 3 is 3.00 bits per heavy atom. The molecule has 1 heterocycles. The molecule has 1 aliphatic carbocycles. The molecule has 1 amide bonds. The van der Waals surface area contributed by atoms with Crippen LogP contribution >= 0.6 is 0 Å². The van der Waals surface area contributed by atoms with Gasteiger partial charge in [0.2, 0.25) is 5.91 Å². The van der Waals surface area contributed by atoms with E-state index < -0.39 is 5.76 Å². The van der Waals surface area contributed by atoms with E-state index in [1.807, 2.05) is 12.1 Å². The Balaban J connectivity index is 1.70. The molecule has 0 bridgehead atoms. The minimum Gasteiger partial charge on any atom is -0.408 e. The number of amides is 1. The van der Waals surface area contributed by atoms with Gasteiger partial charge in [-0.3, -0.25) is 9.78 Å². The summed E-state index contributed by atoms with van der Waals surface area (Å²) in [6.07, 6.45) is 3.15. The van der Waals surface area contributed by atoms with Crippen molar-refractivity contribution in [3.63, 3.8) is 0 Å². The summed E-state index contributed by atoms with van der Waals surface area (Å²) in [5.41, 5.74) is 2.15. The van der Waals surface area contributed by atoms with E-state index in [1.165, 1.54) is 0 Å². The van der Waals surface area contributed by atoms with Gasteiger partial charge in [-0.2, -0.15) is 0 Å². The summed E-state index contributed by atoms with van der Waals surface area (Å²) in [5.74, 6) is -0.134. The van der Waals surface area contributed by atoms with Gasteiger partial charge in [-0.1, -0.05) is 12.5 Å². The largest absolute Gasteiger partial charge is 0.417 e. The SMILES string of the molecule is O=C(NCc1ccc2oc(=O)[nH]c2c1)C1CCC1. The van der Waals surface area contributed by atoms with Crippen molar-refractivity contribution in [2.45, 2.75) is 25.8 Å². The van der Waals surface area contributed by atoms with Crippen molar-refractivity contribution in [1.82, 2.24) is 10.3 Å². The van der Waals surface area contributed by atoms with Gasteiger partial charge in [-0.25, -0.2) is 4.79 Å². The minimum absolute atomic E-state index is 0.127. The topological polar surface area (TPSA) is 75.1 Å². The fourth-order valence-electron chi connectivity index (χ4n) is 2.11. The standard InChI is InChI=1S/C13H14N2O3/c16-12(9-2-1-3-9)14-7-8-4-5-11-10(6-8)15-13(17)18-11/h4-6,9H,1-3,7H2,(H,14,16)(H,15,17). The molecule has 18 heavy (non-hydrogen) atoms. The molecule has 0 aliphatic heterocycles. The normalized spacial score (nSPS) is 15.6. The third kappa shape index (κ3) is 2.03. The van der Waals surface area contributed by atoms with Crippen LogP contribution in [0.25, 0.3) is 11.1 Å². The molecule has 0 atom stereocenters. The van der Waals surface area contributed by atoms with Crippen LogP contribution in [-0.2, 0) is 11.3 Å². The summed E-state index contributed by atoms with van der Waals surface area (Å²) in [6, 6.07) is 5.40. The number of carbonyl (C=O) groups excluding carboxylic acids is 1. The maximum Gasteiger partial charge on any atom is 0.417 e. The highest BCUT2D eigenvalue weighted by Crippen LogP contribution is 2.26. The zero-order chi connectivity index (χ0) is 12.5. The summed E-state index contributed by atoms with van der Waals surface area (Å²) in [4.78, 5) is 25.3. The number of oxazole rings is 1. The molecule has 94 valence electrons. The summed E-state index contributed by atoms with van der Waals surface area (Å²) < 4.78 is 4.91. The van der Waals surface area contributed by atoms with Crippen molar-refractivity contribution in [3.05, 3.63) is 34.3 Å². The summed E-state index contributed by atoms with van der Waals surface area (Å²) in [6.45, 7) is 0.485. The highest BCUT2D eigenvalue weighted by Gasteiger charge is 2.24. The van der Waals surface area contributed by atoms with Crippen LogP contribution in [0.3, 0.4) is 0 Å². The molecule has 1 saturated carbocycles. The van der Waals surface area contributed by atoms with Gasteiger partial charge < -0.3 is 9.73 Å². The monoisotopic (exact) mass is 246 g/mol. The van der Waals surface area contributed by atoms with Gasteiger partial charge in [0, 0.05) is 12.5 Å². The first kappa shape index (κ1) is 11.1. The van der Waals surface area contributed by atoms with E-state index in [4.69, 9.17) is 4.42 Å². The van der Waals surface area contributed by atoms with Crippen LogP contribution in [0.15, 0.2) is 27.4 Å². The second-order valence-electron chi connectivity index (χ2n) is 4.69. The average molecular weight is 246 g/mol. The number of hydrogen-bond acceptors (Lipinski definition) is 3. The second kappa shape index (κ2) is 4.33. The highest BCUT2D eigenvalue weighted by molar-refractivity contribution is 5.79. The maximum absolute atomic E-state index is 11.7. The van der Waals surface area contributed by atoms with Crippen molar-refractivity contribution in [2.75, 3.05) is 0 Å². The molecule has 1 aromatic carbocycles. The van der Waals surface area contributed by atoms with Gasteiger partial charge >= 0.3 is 5.76 Å². The molecule has 0 radical (unpaired) electrons. The molecule has 2 aromatic rings. The van der Waals surface area contributed by atoms with Crippen molar-refractivity contribution in [1.29, 1.82) is 0 Å². The first-order chi connectivity index (χ1) is 8.72. The van der Waals surface area contributed by atoms with Crippen molar-refractivity contribution >= 4 is 17.0 Å². The molecule has 0 unspecified atom stereocenters. The number of H-pyrrole nitrogens is 1. The highest BCUT2D eigenvalue weighted by atomic mass is 16.4. The van der Waals surface area contributed by atoms with Crippen LogP contribution in [0.5, 0.6) is 0 Å². The number of carbonyl (C=O) groups is 1. The Morgan fingerprint density at radius 1 is 1.44 bits per heavy atom. The number of benzene rings is 1. The molecule has 1 aliphatic rings. The predicted octanol–water partition coefficient (Wildman–Crippen LogP) is 1.54. The zero-order valence-electron chi connectivity index (χ0n) is 9.86. The third-order valence-electron chi connectivity index (χ3n) is 3.43. The molecule has 5 heteroatoms. The summed E-state index contributed by atoms with van der Waals surface area (Å²) in [5, 5.41) is 2.91. The van der Waals surface area contributed by atoms with E-state index in [0.29, 0.717) is 17.6 Å². The van der Waals surface area contributed by atoms with Gasteiger partial charge in [0.05, 0.1) is 5.52 Å². The number of fused-ring (bicyclic) bond motifs is 1. The lowest BCUT2D eigenvalue weighted by Crippen LogP contribution is -2.33. The van der Waals surface area contributed by atoms with Gasteiger partial charge in [-0.05, 0) is 30.5 Å².